The van der Waals surface area contributed by atoms with Gasteiger partial charge < -0.3 is 14.0 Å². The summed E-state index contributed by atoms with van der Waals surface area (Å²) in [5, 5.41) is 2.67. The first-order valence-corrected chi connectivity index (χ1v) is 9.79. The van der Waals surface area contributed by atoms with Crippen LogP contribution in [0.3, 0.4) is 0 Å². The van der Waals surface area contributed by atoms with Gasteiger partial charge in [0, 0.05) is 67.5 Å². The van der Waals surface area contributed by atoms with Gasteiger partial charge in [0.05, 0.1) is 0 Å². The molecule has 0 bridgehead atoms. The molecule has 0 spiro atoms. The molecule has 0 radical (unpaired) electrons. The summed E-state index contributed by atoms with van der Waals surface area (Å²) in [7, 11) is 4.27. The number of likely N-dealkylation sites (N-methyl/N-ethyl adjacent to an activating group) is 1. The molecule has 0 unspecified atom stereocenters. The predicted molar refractivity (Wildman–Crippen MR) is 111 cm³/mol. The van der Waals surface area contributed by atoms with Crippen LogP contribution >= 0.6 is 0 Å². The summed E-state index contributed by atoms with van der Waals surface area (Å²) < 4.78 is 4.64. The Hall–Kier alpha value is -2.59. The lowest BCUT2D eigenvalue weighted by molar-refractivity contribution is 0.309. The van der Waals surface area contributed by atoms with E-state index in [1.165, 1.54) is 38.7 Å². The van der Waals surface area contributed by atoms with Crippen LogP contribution in [0.15, 0.2) is 42.7 Å². The molecule has 138 valence electrons. The minimum atomic E-state index is 1.01. The molecular weight excluding hydrogens is 332 g/mol. The van der Waals surface area contributed by atoms with Gasteiger partial charge in [-0.25, -0.2) is 4.98 Å². The zero-order chi connectivity index (χ0) is 18.5. The maximum Gasteiger partial charge on any atom is 0.139 e. The van der Waals surface area contributed by atoms with Crippen LogP contribution in [-0.2, 0) is 33.0 Å². The average molecular weight is 358 g/mol. The number of hydrogen-bond donors (Lipinski definition) is 0. The number of fused-ring (bicyclic) bond motifs is 4. The molecule has 3 aromatic heterocycles. The maximum absolute atomic E-state index is 4.66. The number of rotatable bonds is 3. The van der Waals surface area contributed by atoms with E-state index in [0.717, 1.165) is 38.1 Å². The number of pyridine rings is 1. The van der Waals surface area contributed by atoms with Gasteiger partial charge in [0.1, 0.15) is 5.65 Å². The normalized spacial score (nSPS) is 14.9. The van der Waals surface area contributed by atoms with Gasteiger partial charge in [-0.1, -0.05) is 11.6 Å². The van der Waals surface area contributed by atoms with Gasteiger partial charge in [0.15, 0.2) is 0 Å². The van der Waals surface area contributed by atoms with E-state index >= 15 is 0 Å². The summed E-state index contributed by atoms with van der Waals surface area (Å²) in [6, 6.07) is 11.4. The van der Waals surface area contributed by atoms with Gasteiger partial charge in [-0.2, -0.15) is 0 Å². The van der Waals surface area contributed by atoms with Crippen molar-refractivity contribution in [3.05, 3.63) is 65.1 Å². The van der Waals surface area contributed by atoms with Crippen molar-refractivity contribution in [1.29, 1.82) is 0 Å². The fourth-order valence-electron chi connectivity index (χ4n) is 4.53. The lowest BCUT2D eigenvalue weighted by atomic mass is 10.0. The van der Waals surface area contributed by atoms with Crippen molar-refractivity contribution in [3.63, 3.8) is 0 Å². The van der Waals surface area contributed by atoms with Crippen molar-refractivity contribution >= 4 is 21.9 Å². The maximum atomic E-state index is 4.66. The lowest BCUT2D eigenvalue weighted by Gasteiger charge is -2.24. The Balaban J connectivity index is 1.52. The van der Waals surface area contributed by atoms with Crippen LogP contribution < -0.4 is 0 Å². The first-order chi connectivity index (χ1) is 13.1. The number of nitrogens with zero attached hydrogens (tertiary/aromatic N) is 4. The molecule has 0 saturated heterocycles. The summed E-state index contributed by atoms with van der Waals surface area (Å²) in [6.07, 6.45) is 6.27. The molecule has 5 rings (SSSR count). The molecule has 0 atom stereocenters. The van der Waals surface area contributed by atoms with Crippen molar-refractivity contribution < 1.29 is 0 Å². The van der Waals surface area contributed by atoms with Crippen LogP contribution in [0.4, 0.5) is 0 Å². The average Bonchev–Trinajstić information content (AvgIpc) is 3.17. The monoisotopic (exact) mass is 358 g/mol. The fourth-order valence-corrected chi connectivity index (χ4v) is 4.53. The van der Waals surface area contributed by atoms with Crippen molar-refractivity contribution in [1.82, 2.24) is 19.0 Å². The molecule has 27 heavy (non-hydrogen) atoms. The van der Waals surface area contributed by atoms with Crippen LogP contribution in [0.25, 0.3) is 21.9 Å². The Morgan fingerprint density at radius 3 is 2.89 bits per heavy atom. The van der Waals surface area contributed by atoms with Crippen molar-refractivity contribution in [3.8, 4) is 0 Å². The first-order valence-electron chi connectivity index (χ1n) is 9.79. The minimum absolute atomic E-state index is 1.01. The van der Waals surface area contributed by atoms with Gasteiger partial charge in [0.2, 0.25) is 0 Å². The van der Waals surface area contributed by atoms with Gasteiger partial charge >= 0.3 is 0 Å². The topological polar surface area (TPSA) is 26.0 Å². The molecule has 1 aromatic carbocycles. The highest BCUT2D eigenvalue weighted by atomic mass is 15.1. The largest absolute Gasteiger partial charge is 0.344 e. The SMILES string of the molecule is Cc1ccc2c(c1)c1c(n2CCc2cnc3c(ccn3C)c2)CCN(C)C1. The van der Waals surface area contributed by atoms with E-state index in [9.17, 15) is 0 Å². The van der Waals surface area contributed by atoms with Gasteiger partial charge in [-0.3, -0.25) is 0 Å². The first kappa shape index (κ1) is 16.6. The van der Waals surface area contributed by atoms with E-state index in [1.54, 1.807) is 0 Å². The minimum Gasteiger partial charge on any atom is -0.344 e. The van der Waals surface area contributed by atoms with E-state index in [1.807, 2.05) is 13.2 Å². The van der Waals surface area contributed by atoms with E-state index in [2.05, 4.69) is 69.5 Å². The third-order valence-corrected chi connectivity index (χ3v) is 5.99. The third kappa shape index (κ3) is 2.76. The molecule has 0 N–H and O–H groups in total. The number of benzene rings is 1. The Bertz CT molecular complexity index is 1150. The highest BCUT2D eigenvalue weighted by Crippen LogP contribution is 2.31. The number of aromatic nitrogens is 3. The summed E-state index contributed by atoms with van der Waals surface area (Å²) in [4.78, 5) is 7.09. The van der Waals surface area contributed by atoms with Gasteiger partial charge in [-0.15, -0.1) is 0 Å². The number of hydrogen-bond acceptors (Lipinski definition) is 2. The van der Waals surface area contributed by atoms with Gasteiger partial charge in [-0.05, 0) is 55.8 Å². The fraction of sp³-hybridized carbons (Fsp3) is 0.348. The summed E-state index contributed by atoms with van der Waals surface area (Å²) in [5.74, 6) is 0. The van der Waals surface area contributed by atoms with E-state index in [-0.39, 0.29) is 0 Å². The van der Waals surface area contributed by atoms with E-state index in [0.29, 0.717) is 0 Å². The van der Waals surface area contributed by atoms with E-state index < -0.39 is 0 Å². The quantitative estimate of drug-likeness (QED) is 0.552. The standard InChI is InChI=1S/C23H26N4/c1-16-4-5-21-19(12-16)20-15-25(2)9-8-22(20)27(21)11-6-17-13-18-7-10-26(3)23(18)24-14-17/h4-5,7,10,12-14H,6,8-9,11,15H2,1-3H3. The van der Waals surface area contributed by atoms with Crippen LogP contribution in [-0.4, -0.2) is 32.6 Å². The second-order valence-corrected chi connectivity index (χ2v) is 8.02. The van der Waals surface area contributed by atoms with Crippen molar-refractivity contribution in [2.24, 2.45) is 7.05 Å². The van der Waals surface area contributed by atoms with Gasteiger partial charge in [0.25, 0.3) is 0 Å². The molecule has 4 heterocycles. The molecule has 0 saturated carbocycles. The number of aryl methyl sites for hydroxylation is 4. The molecule has 4 heteroatoms. The van der Waals surface area contributed by atoms with Crippen molar-refractivity contribution in [2.45, 2.75) is 32.9 Å². The second-order valence-electron chi connectivity index (χ2n) is 8.02. The zero-order valence-corrected chi connectivity index (χ0v) is 16.4. The summed E-state index contributed by atoms with van der Waals surface area (Å²) in [6.45, 7) is 5.40. The molecule has 4 aromatic rings. The Morgan fingerprint density at radius 2 is 2.00 bits per heavy atom. The molecular formula is C23H26N4. The molecule has 4 nitrogen and oxygen atoms in total. The van der Waals surface area contributed by atoms with Crippen LogP contribution in [0.5, 0.6) is 0 Å². The predicted octanol–water partition coefficient (Wildman–Crippen LogP) is 4.07. The zero-order valence-electron chi connectivity index (χ0n) is 16.4. The summed E-state index contributed by atoms with van der Waals surface area (Å²) >= 11 is 0. The Kier molecular flexibility index (Phi) is 3.83. The molecule has 0 aliphatic carbocycles. The Morgan fingerprint density at radius 1 is 1.11 bits per heavy atom. The van der Waals surface area contributed by atoms with E-state index in [4.69, 9.17) is 0 Å². The van der Waals surface area contributed by atoms with Crippen molar-refractivity contribution in [2.75, 3.05) is 13.6 Å². The molecule has 0 amide bonds. The summed E-state index contributed by atoms with van der Waals surface area (Å²) in [5.41, 5.74) is 8.15. The van der Waals surface area contributed by atoms with Crippen LogP contribution in [0, 0.1) is 6.92 Å². The lowest BCUT2D eigenvalue weighted by Crippen LogP contribution is -2.27. The molecule has 1 aliphatic heterocycles. The third-order valence-electron chi connectivity index (χ3n) is 5.99. The highest BCUT2D eigenvalue weighted by Gasteiger charge is 2.22. The Labute approximate surface area is 160 Å². The smallest absolute Gasteiger partial charge is 0.139 e. The molecule has 0 fully saturated rings. The second kappa shape index (κ2) is 6.24. The highest BCUT2D eigenvalue weighted by molar-refractivity contribution is 5.86. The van der Waals surface area contributed by atoms with Crippen LogP contribution in [0.2, 0.25) is 0 Å². The van der Waals surface area contributed by atoms with Crippen LogP contribution in [0.1, 0.15) is 22.4 Å². The molecule has 1 aliphatic rings.